The van der Waals surface area contributed by atoms with Crippen molar-refractivity contribution in [3.8, 4) is 22.5 Å². The number of rotatable bonds is 10. The molecule has 2 fully saturated rings. The van der Waals surface area contributed by atoms with Gasteiger partial charge in [0.05, 0.1) is 41.0 Å². The summed E-state index contributed by atoms with van der Waals surface area (Å²) in [6.45, 7) is -0.316. The lowest BCUT2D eigenvalue weighted by atomic mass is 9.94. The van der Waals surface area contributed by atoms with E-state index < -0.39 is 34.0 Å². The Morgan fingerprint density at radius 2 is 1.79 bits per heavy atom. The van der Waals surface area contributed by atoms with Crippen LogP contribution in [0.3, 0.4) is 0 Å². The van der Waals surface area contributed by atoms with Crippen LogP contribution in [0.1, 0.15) is 44.9 Å². The van der Waals surface area contributed by atoms with Crippen LogP contribution in [0.25, 0.3) is 22.5 Å². The molecule has 0 aliphatic heterocycles. The van der Waals surface area contributed by atoms with Crippen LogP contribution in [0, 0.1) is 0 Å². The molecule has 43 heavy (non-hydrogen) atoms. The molecule has 4 aromatic rings. The van der Waals surface area contributed by atoms with Gasteiger partial charge in [0.1, 0.15) is 12.0 Å². The molecule has 0 amide bonds. The number of anilines is 3. The van der Waals surface area contributed by atoms with Gasteiger partial charge in [-0.05, 0) is 56.7 Å². The van der Waals surface area contributed by atoms with E-state index in [1.54, 1.807) is 24.4 Å². The first-order chi connectivity index (χ1) is 20.5. The second kappa shape index (κ2) is 11.5. The quantitative estimate of drug-likeness (QED) is 0.226. The van der Waals surface area contributed by atoms with Crippen molar-refractivity contribution in [3.63, 3.8) is 0 Å². The minimum Gasteiger partial charge on any atom is -0.367 e. The standard InChI is InChI=1S/C27H29F4N9O2S/c28-18-1-3-19(4-2-18)35-25-22(23-8-11-39(38-23)12-9-27(29,30)31)15-33-26(37-25)36-20-7-10-32-24(13-20)17-14-34-40(16-17)43(41,42)21-5-6-21/h7-8,10-11,13-16,18-19,21H,1-6,9,12H2,(H2,32,33,35,36,37). The fraction of sp³-hybridized carbons (Fsp3) is 0.444. The van der Waals surface area contributed by atoms with Gasteiger partial charge in [0.25, 0.3) is 10.0 Å². The van der Waals surface area contributed by atoms with Crippen LogP contribution in [0.4, 0.5) is 35.0 Å². The van der Waals surface area contributed by atoms with Gasteiger partial charge in [0.2, 0.25) is 5.95 Å². The number of nitrogens with zero attached hydrogens (tertiary/aromatic N) is 7. The first kappa shape index (κ1) is 29.0. The molecule has 2 N–H and O–H groups in total. The molecule has 16 heteroatoms. The van der Waals surface area contributed by atoms with Gasteiger partial charge in [-0.3, -0.25) is 9.67 Å². The van der Waals surface area contributed by atoms with Gasteiger partial charge in [-0.25, -0.2) is 17.8 Å². The second-order valence-electron chi connectivity index (χ2n) is 10.8. The minimum atomic E-state index is -4.30. The van der Waals surface area contributed by atoms with Crippen molar-refractivity contribution in [1.82, 2.24) is 33.9 Å². The number of pyridine rings is 1. The third-order valence-electron chi connectivity index (χ3n) is 7.41. The number of nitrogens with one attached hydrogen (secondary N) is 2. The SMILES string of the molecule is O=S(=O)(C1CC1)n1cc(-c2cc(Nc3ncc(-c4ccn(CCC(F)(F)F)n4)c(NC4CCC(F)CC4)n3)ccn2)cn1. The number of hydrogen-bond acceptors (Lipinski definition) is 9. The molecule has 2 aliphatic rings. The Hall–Kier alpha value is -4.08. The first-order valence-corrected chi connectivity index (χ1v) is 15.4. The summed E-state index contributed by atoms with van der Waals surface area (Å²) in [5, 5.41) is 14.4. The van der Waals surface area contributed by atoms with Crippen LogP contribution in [-0.2, 0) is 16.6 Å². The van der Waals surface area contributed by atoms with Crippen LogP contribution < -0.4 is 10.6 Å². The Morgan fingerprint density at radius 3 is 2.53 bits per heavy atom. The first-order valence-electron chi connectivity index (χ1n) is 13.9. The second-order valence-corrected chi connectivity index (χ2v) is 12.8. The molecule has 4 heterocycles. The molecule has 0 unspecified atom stereocenters. The van der Waals surface area contributed by atoms with Crippen LogP contribution in [0.5, 0.6) is 0 Å². The third kappa shape index (κ3) is 6.95. The highest BCUT2D eigenvalue weighted by Crippen LogP contribution is 2.32. The summed E-state index contributed by atoms with van der Waals surface area (Å²) in [6, 6.07) is 4.96. The Bertz CT molecular complexity index is 1690. The Kier molecular flexibility index (Phi) is 7.79. The molecule has 0 aromatic carbocycles. The van der Waals surface area contributed by atoms with Crippen molar-refractivity contribution in [2.45, 2.75) is 75.1 Å². The monoisotopic (exact) mass is 619 g/mol. The average Bonchev–Trinajstić information content (AvgIpc) is 3.53. The molecule has 0 saturated heterocycles. The highest BCUT2D eigenvalue weighted by molar-refractivity contribution is 7.90. The number of halogens is 4. The van der Waals surface area contributed by atoms with E-state index in [0.717, 1.165) is 4.09 Å². The van der Waals surface area contributed by atoms with E-state index in [-0.39, 0.29) is 18.5 Å². The van der Waals surface area contributed by atoms with Crippen LogP contribution in [-0.4, -0.2) is 66.0 Å². The molecule has 0 atom stereocenters. The normalized spacial score (nSPS) is 19.3. The molecule has 11 nitrogen and oxygen atoms in total. The molecule has 2 aliphatic carbocycles. The number of aryl methyl sites for hydroxylation is 1. The molecule has 0 spiro atoms. The van der Waals surface area contributed by atoms with Crippen LogP contribution in [0.15, 0.2) is 49.2 Å². The van der Waals surface area contributed by atoms with E-state index in [1.807, 2.05) is 0 Å². The summed E-state index contributed by atoms with van der Waals surface area (Å²) in [6.07, 6.45) is 4.61. The molecular weight excluding hydrogens is 590 g/mol. The number of hydrogen-bond donors (Lipinski definition) is 2. The Labute approximate surface area is 244 Å². The molecule has 4 aromatic heterocycles. The fourth-order valence-electron chi connectivity index (χ4n) is 4.89. The van der Waals surface area contributed by atoms with E-state index >= 15 is 0 Å². The predicted molar refractivity (Wildman–Crippen MR) is 151 cm³/mol. The summed E-state index contributed by atoms with van der Waals surface area (Å²) < 4.78 is 79.1. The molecule has 0 radical (unpaired) electrons. The summed E-state index contributed by atoms with van der Waals surface area (Å²) in [4.78, 5) is 13.4. The molecule has 6 rings (SSSR count). The Morgan fingerprint density at radius 1 is 1.00 bits per heavy atom. The minimum absolute atomic E-state index is 0.0446. The van der Waals surface area contributed by atoms with Gasteiger partial charge in [0.15, 0.2) is 0 Å². The van der Waals surface area contributed by atoms with Gasteiger partial charge < -0.3 is 10.6 Å². The Balaban J connectivity index is 1.24. The zero-order valence-corrected chi connectivity index (χ0v) is 23.7. The van der Waals surface area contributed by atoms with Crippen molar-refractivity contribution >= 4 is 27.5 Å². The van der Waals surface area contributed by atoms with Crippen molar-refractivity contribution in [3.05, 3.63) is 49.2 Å². The fourth-order valence-corrected chi connectivity index (χ4v) is 6.37. The van der Waals surface area contributed by atoms with Crippen molar-refractivity contribution in [1.29, 1.82) is 0 Å². The average molecular weight is 620 g/mol. The number of alkyl halides is 4. The number of aromatic nitrogens is 7. The summed E-state index contributed by atoms with van der Waals surface area (Å²) in [5.41, 5.74) is 2.50. The summed E-state index contributed by atoms with van der Waals surface area (Å²) in [7, 11) is -3.51. The van der Waals surface area contributed by atoms with Crippen LogP contribution >= 0.6 is 0 Å². The van der Waals surface area contributed by atoms with E-state index in [4.69, 9.17) is 0 Å². The third-order valence-corrected chi connectivity index (χ3v) is 9.44. The van der Waals surface area contributed by atoms with E-state index in [2.05, 4.69) is 35.8 Å². The zero-order chi connectivity index (χ0) is 30.2. The largest absolute Gasteiger partial charge is 0.390 e. The summed E-state index contributed by atoms with van der Waals surface area (Å²) >= 11 is 0. The van der Waals surface area contributed by atoms with Crippen molar-refractivity contribution < 1.29 is 26.0 Å². The lowest BCUT2D eigenvalue weighted by Gasteiger charge is -2.26. The maximum absolute atomic E-state index is 13.8. The van der Waals surface area contributed by atoms with Gasteiger partial charge in [-0.2, -0.15) is 32.4 Å². The molecule has 0 bridgehead atoms. The lowest BCUT2D eigenvalue weighted by molar-refractivity contribution is -0.137. The van der Waals surface area contributed by atoms with Crippen molar-refractivity contribution in [2.75, 3.05) is 10.6 Å². The topological polar surface area (TPSA) is 133 Å². The van der Waals surface area contributed by atoms with Gasteiger partial charge >= 0.3 is 6.18 Å². The highest BCUT2D eigenvalue weighted by atomic mass is 32.2. The highest BCUT2D eigenvalue weighted by Gasteiger charge is 2.37. The molecule has 228 valence electrons. The van der Waals surface area contributed by atoms with E-state index in [9.17, 15) is 26.0 Å². The van der Waals surface area contributed by atoms with Gasteiger partial charge in [-0.15, -0.1) is 0 Å². The van der Waals surface area contributed by atoms with Gasteiger partial charge in [-0.1, -0.05) is 0 Å². The lowest BCUT2D eigenvalue weighted by Crippen LogP contribution is -2.27. The van der Waals surface area contributed by atoms with E-state index in [1.165, 1.54) is 29.5 Å². The zero-order valence-electron chi connectivity index (χ0n) is 22.9. The summed E-state index contributed by atoms with van der Waals surface area (Å²) in [5.74, 6) is 0.646. The maximum Gasteiger partial charge on any atom is 0.390 e. The smallest absolute Gasteiger partial charge is 0.367 e. The van der Waals surface area contributed by atoms with Crippen LogP contribution in [0.2, 0.25) is 0 Å². The maximum atomic E-state index is 13.8. The van der Waals surface area contributed by atoms with E-state index in [0.29, 0.717) is 72.5 Å². The molecule has 2 saturated carbocycles. The van der Waals surface area contributed by atoms with Crippen molar-refractivity contribution in [2.24, 2.45) is 0 Å². The predicted octanol–water partition coefficient (Wildman–Crippen LogP) is 5.33. The van der Waals surface area contributed by atoms with Gasteiger partial charge in [0, 0.05) is 42.4 Å². The molecular formula is C27H29F4N9O2S.